The first-order chi connectivity index (χ1) is 35.0. The van der Waals surface area contributed by atoms with Gasteiger partial charge in [0.2, 0.25) is 0 Å². The van der Waals surface area contributed by atoms with Gasteiger partial charge in [-0.1, -0.05) is 238 Å². The molecule has 6 heteroatoms. The lowest BCUT2D eigenvalue weighted by atomic mass is 10.0. The third-order valence-electron chi connectivity index (χ3n) is 11.6. The predicted octanol–water partition coefficient (Wildman–Crippen LogP) is 19.4. The molecular formula is C65H104O6. The van der Waals surface area contributed by atoms with Gasteiger partial charge >= 0.3 is 17.9 Å². The summed E-state index contributed by atoms with van der Waals surface area (Å²) in [6.45, 7) is 6.20. The Morgan fingerprint density at radius 2 is 0.535 bits per heavy atom. The van der Waals surface area contributed by atoms with Crippen molar-refractivity contribution in [1.29, 1.82) is 0 Å². The molecular weight excluding hydrogens is 877 g/mol. The number of hydrogen-bond donors (Lipinski definition) is 0. The molecule has 0 aliphatic carbocycles. The van der Waals surface area contributed by atoms with Crippen LogP contribution in [0.5, 0.6) is 0 Å². The second-order valence-electron chi connectivity index (χ2n) is 18.4. The molecule has 0 radical (unpaired) electrons. The number of carbonyl (C=O) groups is 3. The van der Waals surface area contributed by atoms with E-state index in [1.54, 1.807) is 0 Å². The zero-order valence-corrected chi connectivity index (χ0v) is 45.7. The van der Waals surface area contributed by atoms with E-state index in [-0.39, 0.29) is 31.6 Å². The van der Waals surface area contributed by atoms with E-state index in [1.807, 2.05) is 12.2 Å². The van der Waals surface area contributed by atoms with E-state index >= 15 is 0 Å². The molecule has 0 aliphatic rings. The van der Waals surface area contributed by atoms with Gasteiger partial charge in [0.15, 0.2) is 6.10 Å². The van der Waals surface area contributed by atoms with Crippen LogP contribution in [0.25, 0.3) is 0 Å². The molecule has 0 aliphatic heterocycles. The highest BCUT2D eigenvalue weighted by atomic mass is 16.6. The first-order valence-electron chi connectivity index (χ1n) is 28.7. The number of carbonyl (C=O) groups excluding carboxylic acids is 3. The average molecular weight is 982 g/mol. The smallest absolute Gasteiger partial charge is 0.306 e. The molecule has 6 nitrogen and oxygen atoms in total. The number of hydrogen-bond acceptors (Lipinski definition) is 6. The van der Waals surface area contributed by atoms with Gasteiger partial charge in [-0.3, -0.25) is 14.4 Å². The Hall–Kier alpha value is -4.45. The van der Waals surface area contributed by atoms with Crippen molar-refractivity contribution in [2.24, 2.45) is 0 Å². The third-order valence-corrected chi connectivity index (χ3v) is 11.6. The quantitative estimate of drug-likeness (QED) is 0.0262. The zero-order chi connectivity index (χ0) is 51.4. The van der Waals surface area contributed by atoms with E-state index in [1.165, 1.54) is 77.0 Å². The van der Waals surface area contributed by atoms with Gasteiger partial charge in [0, 0.05) is 19.3 Å². The number of esters is 3. The van der Waals surface area contributed by atoms with Crippen molar-refractivity contribution in [3.63, 3.8) is 0 Å². The van der Waals surface area contributed by atoms with E-state index in [2.05, 4.69) is 142 Å². The van der Waals surface area contributed by atoms with E-state index < -0.39 is 12.1 Å². The summed E-state index contributed by atoms with van der Waals surface area (Å²) in [6, 6.07) is 0. The Balaban J connectivity index is 4.32. The van der Waals surface area contributed by atoms with Crippen molar-refractivity contribution in [2.45, 2.75) is 245 Å². The molecule has 0 bridgehead atoms. The highest BCUT2D eigenvalue weighted by Gasteiger charge is 2.19. The molecule has 1 atom stereocenters. The molecule has 400 valence electrons. The summed E-state index contributed by atoms with van der Waals surface area (Å²) in [6.07, 6.45) is 81.9. The van der Waals surface area contributed by atoms with Crippen molar-refractivity contribution < 1.29 is 28.6 Å². The van der Waals surface area contributed by atoms with Crippen LogP contribution in [0, 0.1) is 0 Å². The Kier molecular flexibility index (Phi) is 54.5. The molecule has 0 amide bonds. The molecule has 0 fully saturated rings. The molecule has 1 unspecified atom stereocenters. The van der Waals surface area contributed by atoms with Gasteiger partial charge < -0.3 is 14.2 Å². The maximum Gasteiger partial charge on any atom is 0.306 e. The Labute approximate surface area is 436 Å². The van der Waals surface area contributed by atoms with Crippen LogP contribution in [0.2, 0.25) is 0 Å². The van der Waals surface area contributed by atoms with E-state index in [0.29, 0.717) is 19.3 Å². The van der Waals surface area contributed by atoms with Crippen LogP contribution in [0.15, 0.2) is 134 Å². The van der Waals surface area contributed by atoms with Gasteiger partial charge in [-0.25, -0.2) is 0 Å². The Bertz CT molecular complexity index is 1550. The number of unbranched alkanes of at least 4 members (excludes halogenated alkanes) is 17. The van der Waals surface area contributed by atoms with Crippen molar-refractivity contribution in [3.8, 4) is 0 Å². The van der Waals surface area contributed by atoms with Crippen LogP contribution in [-0.2, 0) is 28.6 Å². The Morgan fingerprint density at radius 3 is 0.859 bits per heavy atom. The largest absolute Gasteiger partial charge is 0.462 e. The molecule has 71 heavy (non-hydrogen) atoms. The molecule has 0 saturated carbocycles. The highest BCUT2D eigenvalue weighted by molar-refractivity contribution is 5.71. The third kappa shape index (κ3) is 56.3. The molecule has 0 aromatic heterocycles. The molecule has 0 rings (SSSR count). The predicted molar refractivity (Wildman–Crippen MR) is 306 cm³/mol. The van der Waals surface area contributed by atoms with Crippen molar-refractivity contribution in [3.05, 3.63) is 134 Å². The highest BCUT2D eigenvalue weighted by Crippen LogP contribution is 2.15. The van der Waals surface area contributed by atoms with E-state index in [0.717, 1.165) is 116 Å². The monoisotopic (exact) mass is 981 g/mol. The average Bonchev–Trinajstić information content (AvgIpc) is 3.37. The van der Waals surface area contributed by atoms with Crippen LogP contribution < -0.4 is 0 Å². The number of rotatable bonds is 50. The summed E-state index contributed by atoms with van der Waals surface area (Å²) in [5.41, 5.74) is 0. The summed E-state index contributed by atoms with van der Waals surface area (Å²) >= 11 is 0. The fraction of sp³-hybridized carbons (Fsp3) is 0.615. The maximum absolute atomic E-state index is 12.8. The van der Waals surface area contributed by atoms with Crippen LogP contribution >= 0.6 is 0 Å². The van der Waals surface area contributed by atoms with E-state index in [4.69, 9.17) is 14.2 Å². The van der Waals surface area contributed by atoms with Crippen molar-refractivity contribution in [1.82, 2.24) is 0 Å². The number of ether oxygens (including phenoxy) is 3. The minimum atomic E-state index is -0.832. The van der Waals surface area contributed by atoms with Crippen LogP contribution in [0.1, 0.15) is 239 Å². The molecule has 0 aromatic carbocycles. The molecule has 0 heterocycles. The summed E-state index contributed by atoms with van der Waals surface area (Å²) in [7, 11) is 0. The van der Waals surface area contributed by atoms with Gasteiger partial charge in [-0.05, 0) is 116 Å². The van der Waals surface area contributed by atoms with Gasteiger partial charge in [0.25, 0.3) is 0 Å². The lowest BCUT2D eigenvalue weighted by Crippen LogP contribution is -2.30. The molecule has 0 aromatic rings. The SMILES string of the molecule is CC/C=C\C/C=C\C/C=C\C/C=C\CCCCCCCCCCCCCCCCC(=O)OCC(COC(=O)CCCCC/C=C\C/C=C\C/C=C\CC)OC(=O)CC/C=C\C/C=C\C/C=C\C/C=C\CC. The van der Waals surface area contributed by atoms with E-state index in [9.17, 15) is 14.4 Å². The second-order valence-corrected chi connectivity index (χ2v) is 18.4. The van der Waals surface area contributed by atoms with Gasteiger partial charge in [-0.2, -0.15) is 0 Å². The zero-order valence-electron chi connectivity index (χ0n) is 45.7. The molecule has 0 saturated heterocycles. The van der Waals surface area contributed by atoms with Crippen LogP contribution in [0.4, 0.5) is 0 Å². The Morgan fingerprint density at radius 1 is 0.282 bits per heavy atom. The lowest BCUT2D eigenvalue weighted by Gasteiger charge is -2.18. The summed E-state index contributed by atoms with van der Waals surface area (Å²) in [4.78, 5) is 38.0. The normalized spacial score (nSPS) is 13.1. The maximum atomic E-state index is 12.8. The minimum absolute atomic E-state index is 0.120. The lowest BCUT2D eigenvalue weighted by molar-refractivity contribution is -0.166. The first-order valence-corrected chi connectivity index (χ1v) is 28.7. The van der Waals surface area contributed by atoms with Gasteiger partial charge in [0.05, 0.1) is 0 Å². The fourth-order valence-corrected chi connectivity index (χ4v) is 7.46. The summed E-state index contributed by atoms with van der Waals surface area (Å²) < 4.78 is 16.7. The number of allylic oxidation sites excluding steroid dienone is 22. The first kappa shape index (κ1) is 66.6. The van der Waals surface area contributed by atoms with Crippen LogP contribution in [-0.4, -0.2) is 37.2 Å². The van der Waals surface area contributed by atoms with Crippen molar-refractivity contribution >= 4 is 17.9 Å². The summed E-state index contributed by atoms with van der Waals surface area (Å²) in [5.74, 6) is -1.04. The minimum Gasteiger partial charge on any atom is -0.462 e. The standard InChI is InChI=1S/C65H104O6/c1-4-7-10-13-16-19-22-25-26-27-28-29-30-31-32-33-34-35-36-37-38-41-43-46-49-52-55-58-64(67)70-61-62(71-65(68)59-56-53-50-47-44-40-24-21-18-15-12-9-6-3)60-69-63(66)57-54-51-48-45-42-39-23-20-17-14-11-8-5-2/h7-12,16-21,25-26,28-29,39-40,42,44,50,53,62H,4-6,13-15,22-24,27,30-38,41,43,45-49,51-52,54-61H2,1-3H3/b10-7-,11-8-,12-9-,19-16-,20-17-,21-18-,26-25-,29-28-,42-39-,44-40-,53-50-. The second kappa shape index (κ2) is 58.1. The fourth-order valence-electron chi connectivity index (χ4n) is 7.46. The molecule has 0 spiro atoms. The van der Waals surface area contributed by atoms with Gasteiger partial charge in [0.1, 0.15) is 13.2 Å². The van der Waals surface area contributed by atoms with Crippen molar-refractivity contribution in [2.75, 3.05) is 13.2 Å². The topological polar surface area (TPSA) is 78.9 Å². The summed E-state index contributed by atoms with van der Waals surface area (Å²) in [5, 5.41) is 0. The van der Waals surface area contributed by atoms with Gasteiger partial charge in [-0.15, -0.1) is 0 Å². The van der Waals surface area contributed by atoms with Crippen LogP contribution in [0.3, 0.4) is 0 Å². The molecule has 0 N–H and O–H groups in total.